The molecule has 0 amide bonds. The number of carbonyl (C=O) groups is 1. The first kappa shape index (κ1) is 14.7. The maximum Gasteiger partial charge on any atom is 0.303 e. The molecule has 3 heteroatoms. The molecule has 0 bridgehead atoms. The van der Waals surface area contributed by atoms with E-state index in [1.807, 2.05) is 6.92 Å². The Morgan fingerprint density at radius 2 is 1.83 bits per heavy atom. The van der Waals surface area contributed by atoms with Crippen molar-refractivity contribution in [3.8, 4) is 0 Å². The van der Waals surface area contributed by atoms with Crippen LogP contribution in [0, 0.1) is 0 Å². The molecular weight excluding hydrogens is 226 g/mol. The van der Waals surface area contributed by atoms with E-state index in [2.05, 4.69) is 43.4 Å². The van der Waals surface area contributed by atoms with Gasteiger partial charge in [0.25, 0.3) is 0 Å². The van der Waals surface area contributed by atoms with E-state index in [0.717, 1.165) is 6.54 Å². The zero-order valence-electron chi connectivity index (χ0n) is 11.4. The smallest absolute Gasteiger partial charge is 0.303 e. The Bertz CT molecular complexity index is 371. The zero-order valence-corrected chi connectivity index (χ0v) is 11.4. The van der Waals surface area contributed by atoms with Gasteiger partial charge in [-0.1, -0.05) is 38.1 Å². The van der Waals surface area contributed by atoms with Gasteiger partial charge in [0, 0.05) is 19.0 Å². The summed E-state index contributed by atoms with van der Waals surface area (Å²) < 4.78 is 0. The molecule has 0 aliphatic carbocycles. The normalized spacial score (nSPS) is 12.7. The molecule has 0 heterocycles. The fourth-order valence-electron chi connectivity index (χ4n) is 1.75. The summed E-state index contributed by atoms with van der Waals surface area (Å²) in [6, 6.07) is 8.80. The topological polar surface area (TPSA) is 49.3 Å². The van der Waals surface area contributed by atoms with Gasteiger partial charge in [0.05, 0.1) is 0 Å². The van der Waals surface area contributed by atoms with Gasteiger partial charge >= 0.3 is 5.97 Å². The Balaban J connectivity index is 2.36. The van der Waals surface area contributed by atoms with Crippen LogP contribution in [0.4, 0.5) is 0 Å². The number of hydrogen-bond donors (Lipinski definition) is 2. The molecule has 3 nitrogen and oxygen atoms in total. The van der Waals surface area contributed by atoms with Crippen molar-refractivity contribution in [2.75, 3.05) is 0 Å². The fraction of sp³-hybridized carbons (Fsp3) is 0.533. The van der Waals surface area contributed by atoms with Gasteiger partial charge < -0.3 is 10.4 Å². The second-order valence-corrected chi connectivity index (χ2v) is 5.11. The molecule has 0 aliphatic heterocycles. The van der Waals surface area contributed by atoms with Crippen molar-refractivity contribution >= 4 is 5.97 Å². The summed E-state index contributed by atoms with van der Waals surface area (Å²) in [6.07, 6.45) is 0.889. The lowest BCUT2D eigenvalue weighted by Gasteiger charge is -2.13. The van der Waals surface area contributed by atoms with Crippen molar-refractivity contribution in [1.82, 2.24) is 5.32 Å². The molecule has 2 N–H and O–H groups in total. The molecule has 1 rings (SSSR count). The van der Waals surface area contributed by atoms with Gasteiger partial charge in [0.15, 0.2) is 0 Å². The van der Waals surface area contributed by atoms with E-state index < -0.39 is 5.97 Å². The molecule has 0 spiro atoms. The minimum atomic E-state index is -0.732. The molecule has 1 unspecified atom stereocenters. The van der Waals surface area contributed by atoms with Gasteiger partial charge in [-0.3, -0.25) is 4.79 Å². The number of rotatable bonds is 7. The van der Waals surface area contributed by atoms with Crippen LogP contribution in [-0.4, -0.2) is 17.1 Å². The molecule has 1 atom stereocenters. The number of hydrogen-bond acceptors (Lipinski definition) is 2. The maximum absolute atomic E-state index is 10.5. The Morgan fingerprint density at radius 3 is 2.33 bits per heavy atom. The molecule has 0 fully saturated rings. The first-order valence-electron chi connectivity index (χ1n) is 6.53. The summed E-state index contributed by atoms with van der Waals surface area (Å²) in [5, 5.41) is 11.9. The van der Waals surface area contributed by atoms with E-state index in [0.29, 0.717) is 12.3 Å². The van der Waals surface area contributed by atoms with E-state index in [-0.39, 0.29) is 12.5 Å². The highest BCUT2D eigenvalue weighted by Gasteiger charge is 2.05. The maximum atomic E-state index is 10.5. The van der Waals surface area contributed by atoms with Crippen molar-refractivity contribution in [1.29, 1.82) is 0 Å². The predicted octanol–water partition coefficient (Wildman–Crippen LogP) is 3.15. The van der Waals surface area contributed by atoms with E-state index in [4.69, 9.17) is 5.11 Å². The van der Waals surface area contributed by atoms with Crippen molar-refractivity contribution in [3.63, 3.8) is 0 Å². The van der Waals surface area contributed by atoms with Gasteiger partial charge in [-0.15, -0.1) is 0 Å². The van der Waals surface area contributed by atoms with Crippen LogP contribution in [0.25, 0.3) is 0 Å². The van der Waals surface area contributed by atoms with Crippen LogP contribution in [0.3, 0.4) is 0 Å². The van der Waals surface area contributed by atoms with Crippen LogP contribution in [0.5, 0.6) is 0 Å². The van der Waals surface area contributed by atoms with Gasteiger partial charge in [0.1, 0.15) is 0 Å². The van der Waals surface area contributed by atoms with Crippen LogP contribution in [0.1, 0.15) is 50.7 Å². The minimum absolute atomic E-state index is 0.223. The average molecular weight is 249 g/mol. The van der Waals surface area contributed by atoms with Gasteiger partial charge in [-0.2, -0.15) is 0 Å². The predicted molar refractivity (Wildman–Crippen MR) is 73.7 cm³/mol. The Labute approximate surface area is 109 Å². The Hall–Kier alpha value is -1.35. The van der Waals surface area contributed by atoms with Gasteiger partial charge in [0.2, 0.25) is 0 Å². The molecule has 1 aromatic carbocycles. The van der Waals surface area contributed by atoms with Gasteiger partial charge in [-0.25, -0.2) is 0 Å². The van der Waals surface area contributed by atoms with Crippen molar-refractivity contribution in [2.45, 2.75) is 52.1 Å². The highest BCUT2D eigenvalue weighted by atomic mass is 16.4. The molecule has 100 valence electrons. The molecule has 0 radical (unpaired) electrons. The van der Waals surface area contributed by atoms with E-state index >= 15 is 0 Å². The summed E-state index contributed by atoms with van der Waals surface area (Å²) in [6.45, 7) is 7.17. The second-order valence-electron chi connectivity index (χ2n) is 5.11. The van der Waals surface area contributed by atoms with Crippen LogP contribution in [0.15, 0.2) is 24.3 Å². The zero-order chi connectivity index (χ0) is 13.5. The SMILES string of the molecule is CC(CCC(=O)O)NCc1ccc(C(C)C)cc1. The number of carboxylic acids is 1. The van der Waals surface area contributed by atoms with E-state index in [1.54, 1.807) is 0 Å². The van der Waals surface area contributed by atoms with Crippen molar-refractivity contribution < 1.29 is 9.90 Å². The first-order chi connectivity index (χ1) is 8.49. The summed E-state index contributed by atoms with van der Waals surface area (Å²) in [7, 11) is 0. The van der Waals surface area contributed by atoms with Crippen molar-refractivity contribution in [2.24, 2.45) is 0 Å². The number of aliphatic carboxylic acids is 1. The number of nitrogens with one attached hydrogen (secondary N) is 1. The van der Waals surface area contributed by atoms with Crippen molar-refractivity contribution in [3.05, 3.63) is 35.4 Å². The third kappa shape index (κ3) is 5.32. The lowest BCUT2D eigenvalue weighted by Crippen LogP contribution is -2.26. The lowest BCUT2D eigenvalue weighted by molar-refractivity contribution is -0.137. The molecule has 0 saturated carbocycles. The van der Waals surface area contributed by atoms with Gasteiger partial charge in [-0.05, 0) is 30.4 Å². The fourth-order valence-corrected chi connectivity index (χ4v) is 1.75. The third-order valence-corrected chi connectivity index (χ3v) is 3.09. The van der Waals surface area contributed by atoms with E-state index in [9.17, 15) is 4.79 Å². The summed E-state index contributed by atoms with van der Waals surface area (Å²) in [5.41, 5.74) is 2.58. The molecule has 0 aliphatic rings. The lowest BCUT2D eigenvalue weighted by atomic mass is 10.0. The highest BCUT2D eigenvalue weighted by Crippen LogP contribution is 2.14. The monoisotopic (exact) mass is 249 g/mol. The number of carboxylic acid groups (broad SMARTS) is 1. The molecule has 1 aromatic rings. The highest BCUT2D eigenvalue weighted by molar-refractivity contribution is 5.66. The quantitative estimate of drug-likeness (QED) is 0.780. The molecular formula is C15H23NO2. The standard InChI is InChI=1S/C15H23NO2/c1-11(2)14-7-5-13(6-8-14)10-16-12(3)4-9-15(17)18/h5-8,11-12,16H,4,9-10H2,1-3H3,(H,17,18). The third-order valence-electron chi connectivity index (χ3n) is 3.09. The number of benzene rings is 1. The molecule has 0 aromatic heterocycles. The molecule has 18 heavy (non-hydrogen) atoms. The van der Waals surface area contributed by atoms with Crippen LogP contribution >= 0.6 is 0 Å². The largest absolute Gasteiger partial charge is 0.481 e. The first-order valence-corrected chi connectivity index (χ1v) is 6.53. The van der Waals surface area contributed by atoms with Crippen LogP contribution in [-0.2, 0) is 11.3 Å². The van der Waals surface area contributed by atoms with Crippen LogP contribution in [0.2, 0.25) is 0 Å². The summed E-state index contributed by atoms with van der Waals surface area (Å²) in [5.74, 6) is -0.175. The Morgan fingerprint density at radius 1 is 1.22 bits per heavy atom. The van der Waals surface area contributed by atoms with Crippen LogP contribution < -0.4 is 5.32 Å². The average Bonchev–Trinajstić information content (AvgIpc) is 2.34. The Kier molecular flexibility index (Phi) is 5.86. The minimum Gasteiger partial charge on any atom is -0.481 e. The second kappa shape index (κ2) is 7.17. The summed E-state index contributed by atoms with van der Waals surface area (Å²) in [4.78, 5) is 10.5. The summed E-state index contributed by atoms with van der Waals surface area (Å²) >= 11 is 0. The van der Waals surface area contributed by atoms with E-state index in [1.165, 1.54) is 11.1 Å². The molecule has 0 saturated heterocycles.